The van der Waals surface area contributed by atoms with Crippen LogP contribution in [0.2, 0.25) is 0 Å². The molecule has 2 rings (SSSR count). The van der Waals surface area contributed by atoms with Crippen molar-refractivity contribution in [2.75, 3.05) is 20.0 Å². The van der Waals surface area contributed by atoms with E-state index in [-0.39, 0.29) is 0 Å². The molecule has 1 aromatic carbocycles. The number of aromatic nitrogens is 2. The average molecular weight is 452 g/mol. The lowest BCUT2D eigenvalue weighted by Gasteiger charge is -2.12. The second kappa shape index (κ2) is 6.21. The number of ether oxygens (including phenoxy) is 2. The fourth-order valence-corrected chi connectivity index (χ4v) is 2.71. The van der Waals surface area contributed by atoms with E-state index < -0.39 is 0 Å². The molecule has 0 spiro atoms. The van der Waals surface area contributed by atoms with Gasteiger partial charge in [-0.05, 0) is 47.2 Å². The van der Waals surface area contributed by atoms with E-state index in [0.29, 0.717) is 23.9 Å². The number of methoxy groups -OCH3 is 2. The van der Waals surface area contributed by atoms with Crippen LogP contribution in [0.1, 0.15) is 11.3 Å². The van der Waals surface area contributed by atoms with Crippen molar-refractivity contribution >= 4 is 44.3 Å². The average Bonchev–Trinajstić information content (AvgIpc) is 2.68. The Balaban J connectivity index is 2.40. The molecule has 7 heteroatoms. The number of nitrogens with zero attached hydrogens (tertiary/aromatic N) is 2. The number of hydrogen-bond acceptors (Lipinski definition) is 4. The van der Waals surface area contributed by atoms with Crippen molar-refractivity contribution in [1.82, 2.24) is 9.78 Å². The van der Waals surface area contributed by atoms with Crippen LogP contribution in [0.5, 0.6) is 11.5 Å². The van der Waals surface area contributed by atoms with Crippen LogP contribution >= 0.6 is 38.5 Å². The van der Waals surface area contributed by atoms with Crippen LogP contribution in [0, 0.1) is 10.5 Å². The highest BCUT2D eigenvalue weighted by molar-refractivity contribution is 14.1. The summed E-state index contributed by atoms with van der Waals surface area (Å²) < 4.78 is 14.3. The maximum absolute atomic E-state index is 6.05. The Labute approximate surface area is 139 Å². The monoisotopic (exact) mass is 451 g/mol. The number of nitrogen functional groups attached to an aromatic ring is 1. The van der Waals surface area contributed by atoms with Gasteiger partial charge in [0.2, 0.25) is 0 Å². The highest BCUT2D eigenvalue weighted by atomic mass is 127. The summed E-state index contributed by atoms with van der Waals surface area (Å²) in [5.41, 5.74) is 8.00. The van der Waals surface area contributed by atoms with Crippen LogP contribution in [-0.4, -0.2) is 24.0 Å². The van der Waals surface area contributed by atoms with Gasteiger partial charge in [-0.1, -0.05) is 15.9 Å². The van der Waals surface area contributed by atoms with Gasteiger partial charge in [-0.2, -0.15) is 5.10 Å². The molecule has 1 aromatic heterocycles. The maximum atomic E-state index is 6.05. The van der Waals surface area contributed by atoms with Crippen LogP contribution in [0.15, 0.2) is 16.6 Å². The predicted octanol–water partition coefficient (Wildman–Crippen LogP) is 3.21. The quantitative estimate of drug-likeness (QED) is 0.725. The molecule has 1 heterocycles. The fourth-order valence-electron chi connectivity index (χ4n) is 1.88. The molecule has 0 atom stereocenters. The van der Waals surface area contributed by atoms with Crippen molar-refractivity contribution in [3.8, 4) is 11.5 Å². The first-order valence-electron chi connectivity index (χ1n) is 5.86. The van der Waals surface area contributed by atoms with Gasteiger partial charge in [0.15, 0.2) is 11.5 Å². The van der Waals surface area contributed by atoms with Crippen molar-refractivity contribution in [2.24, 2.45) is 0 Å². The fraction of sp³-hybridized carbons (Fsp3) is 0.308. The minimum atomic E-state index is 0.566. The van der Waals surface area contributed by atoms with Gasteiger partial charge in [-0.25, -0.2) is 4.68 Å². The number of aryl methyl sites for hydroxylation is 1. The third-order valence-corrected chi connectivity index (χ3v) is 5.04. The number of anilines is 1. The molecule has 0 saturated carbocycles. The lowest BCUT2D eigenvalue weighted by molar-refractivity contribution is 0.354. The van der Waals surface area contributed by atoms with E-state index in [1.54, 1.807) is 18.9 Å². The van der Waals surface area contributed by atoms with Crippen molar-refractivity contribution in [2.45, 2.75) is 13.5 Å². The number of nitrogens with two attached hydrogens (primary N) is 1. The third-order valence-electron chi connectivity index (χ3n) is 2.96. The molecule has 0 aliphatic carbocycles. The molecule has 0 fully saturated rings. The zero-order valence-electron chi connectivity index (χ0n) is 11.4. The van der Waals surface area contributed by atoms with Crippen LogP contribution in [0.25, 0.3) is 0 Å². The van der Waals surface area contributed by atoms with Gasteiger partial charge in [0.1, 0.15) is 5.82 Å². The van der Waals surface area contributed by atoms with E-state index in [4.69, 9.17) is 15.2 Å². The molecule has 0 amide bonds. The van der Waals surface area contributed by atoms with Crippen molar-refractivity contribution in [3.63, 3.8) is 0 Å². The SMILES string of the molecule is COc1cc(Br)c(Cn2nc(C)c(I)c2N)cc1OC. The molecule has 20 heavy (non-hydrogen) atoms. The Hall–Kier alpha value is -0.960. The molecule has 5 nitrogen and oxygen atoms in total. The molecule has 0 bridgehead atoms. The number of hydrogen-bond donors (Lipinski definition) is 1. The molecule has 0 aliphatic heterocycles. The van der Waals surface area contributed by atoms with Crippen LogP contribution in [0.4, 0.5) is 5.82 Å². The Bertz CT molecular complexity index is 643. The summed E-state index contributed by atoms with van der Waals surface area (Å²) in [7, 11) is 3.23. The number of halogens is 2. The van der Waals surface area contributed by atoms with Crippen LogP contribution < -0.4 is 15.2 Å². The summed E-state index contributed by atoms with van der Waals surface area (Å²) in [5.74, 6) is 2.04. The first-order chi connectivity index (χ1) is 9.47. The molecule has 0 unspecified atom stereocenters. The lowest BCUT2D eigenvalue weighted by Crippen LogP contribution is -2.07. The van der Waals surface area contributed by atoms with Gasteiger partial charge in [0.05, 0.1) is 30.0 Å². The van der Waals surface area contributed by atoms with Crippen molar-refractivity contribution in [3.05, 3.63) is 31.4 Å². The number of benzene rings is 1. The first kappa shape index (κ1) is 15.4. The van der Waals surface area contributed by atoms with E-state index in [2.05, 4.69) is 43.6 Å². The minimum absolute atomic E-state index is 0.566. The van der Waals surface area contributed by atoms with E-state index in [1.807, 2.05) is 19.1 Å². The Morgan fingerprint density at radius 1 is 1.30 bits per heavy atom. The normalized spacial score (nSPS) is 10.7. The van der Waals surface area contributed by atoms with E-state index >= 15 is 0 Å². The van der Waals surface area contributed by atoms with Gasteiger partial charge in [0.25, 0.3) is 0 Å². The Morgan fingerprint density at radius 2 is 1.90 bits per heavy atom. The van der Waals surface area contributed by atoms with Gasteiger partial charge < -0.3 is 15.2 Å². The zero-order chi connectivity index (χ0) is 14.9. The van der Waals surface area contributed by atoms with Gasteiger partial charge in [-0.15, -0.1) is 0 Å². The summed E-state index contributed by atoms with van der Waals surface area (Å²) in [4.78, 5) is 0. The van der Waals surface area contributed by atoms with Crippen molar-refractivity contribution in [1.29, 1.82) is 0 Å². The second-order valence-corrected chi connectivity index (χ2v) is 6.17. The topological polar surface area (TPSA) is 62.3 Å². The van der Waals surface area contributed by atoms with Crippen molar-refractivity contribution < 1.29 is 9.47 Å². The van der Waals surface area contributed by atoms with Gasteiger partial charge in [-0.3, -0.25) is 0 Å². The smallest absolute Gasteiger partial charge is 0.161 e. The lowest BCUT2D eigenvalue weighted by atomic mass is 10.2. The molecule has 108 valence electrons. The highest BCUT2D eigenvalue weighted by Crippen LogP contribution is 2.34. The first-order valence-corrected chi connectivity index (χ1v) is 7.73. The summed E-state index contributed by atoms with van der Waals surface area (Å²) in [6.45, 7) is 2.51. The summed E-state index contributed by atoms with van der Waals surface area (Å²) in [6, 6.07) is 3.80. The third kappa shape index (κ3) is 2.88. The van der Waals surface area contributed by atoms with Crippen LogP contribution in [0.3, 0.4) is 0 Å². The molecular formula is C13H15BrIN3O2. The molecule has 0 aliphatic rings. The second-order valence-electron chi connectivity index (χ2n) is 4.24. The minimum Gasteiger partial charge on any atom is -0.493 e. The molecule has 0 radical (unpaired) electrons. The van der Waals surface area contributed by atoms with E-state index in [0.717, 1.165) is 19.3 Å². The predicted molar refractivity (Wildman–Crippen MR) is 90.4 cm³/mol. The highest BCUT2D eigenvalue weighted by Gasteiger charge is 2.14. The summed E-state index contributed by atoms with van der Waals surface area (Å²) in [6.07, 6.45) is 0. The Kier molecular flexibility index (Phi) is 4.79. The number of rotatable bonds is 4. The molecule has 2 N–H and O–H groups in total. The maximum Gasteiger partial charge on any atom is 0.161 e. The van der Waals surface area contributed by atoms with Crippen LogP contribution in [-0.2, 0) is 6.54 Å². The Morgan fingerprint density at radius 3 is 2.40 bits per heavy atom. The van der Waals surface area contributed by atoms with E-state index in [1.165, 1.54) is 0 Å². The zero-order valence-corrected chi connectivity index (χ0v) is 15.1. The molecular weight excluding hydrogens is 437 g/mol. The summed E-state index contributed by atoms with van der Waals surface area (Å²) in [5, 5.41) is 4.44. The van der Waals surface area contributed by atoms with Gasteiger partial charge in [0, 0.05) is 4.47 Å². The molecule has 2 aromatic rings. The largest absolute Gasteiger partial charge is 0.493 e. The standard InChI is InChI=1S/C13H15BrIN3O2/c1-7-12(15)13(16)18(17-7)6-8-4-10(19-2)11(20-3)5-9(8)14/h4-5H,6,16H2,1-3H3. The molecule has 0 saturated heterocycles. The van der Waals surface area contributed by atoms with Gasteiger partial charge >= 0.3 is 0 Å². The summed E-state index contributed by atoms with van der Waals surface area (Å²) >= 11 is 5.74. The van der Waals surface area contributed by atoms with E-state index in [9.17, 15) is 0 Å².